The predicted octanol–water partition coefficient (Wildman–Crippen LogP) is 5.45. The topological polar surface area (TPSA) is 88.9 Å². The van der Waals surface area contributed by atoms with Crippen LogP contribution < -0.4 is 10.0 Å². The first-order valence-corrected chi connectivity index (χ1v) is 12.5. The lowest BCUT2D eigenvalue weighted by Gasteiger charge is -2.11. The Balaban J connectivity index is 1.56. The van der Waals surface area contributed by atoms with Gasteiger partial charge in [0, 0.05) is 23.1 Å². The normalized spacial score (nSPS) is 11.4. The molecule has 0 unspecified atom stereocenters. The first-order chi connectivity index (χ1) is 15.8. The first kappa shape index (κ1) is 22.5. The maximum absolute atomic E-state index is 12.0. The molecule has 2 N–H and O–H groups in total. The highest BCUT2D eigenvalue weighted by Crippen LogP contribution is 2.27. The SMILES string of the molecule is CCCS(=O)(=O)Nc1ccc(Nc2cc(-c3cc(C)nn3-c3cccc(C)c3)ccn2)cc1. The summed E-state index contributed by atoms with van der Waals surface area (Å²) in [6, 6.07) is 21.3. The molecule has 0 radical (unpaired) electrons. The van der Waals surface area contributed by atoms with Crippen molar-refractivity contribution in [1.82, 2.24) is 14.8 Å². The molecule has 33 heavy (non-hydrogen) atoms. The molecule has 0 atom stereocenters. The van der Waals surface area contributed by atoms with Crippen molar-refractivity contribution >= 4 is 27.2 Å². The van der Waals surface area contributed by atoms with Gasteiger partial charge in [-0.1, -0.05) is 19.1 Å². The van der Waals surface area contributed by atoms with Gasteiger partial charge >= 0.3 is 0 Å². The third-order valence-electron chi connectivity index (χ3n) is 5.04. The van der Waals surface area contributed by atoms with Gasteiger partial charge in [-0.15, -0.1) is 0 Å². The van der Waals surface area contributed by atoms with E-state index in [4.69, 9.17) is 0 Å². The fourth-order valence-electron chi connectivity index (χ4n) is 3.59. The maximum atomic E-state index is 12.0. The Morgan fingerprint density at radius 3 is 2.42 bits per heavy atom. The second-order valence-corrected chi connectivity index (χ2v) is 9.82. The van der Waals surface area contributed by atoms with E-state index in [9.17, 15) is 8.42 Å². The molecule has 4 rings (SSSR count). The van der Waals surface area contributed by atoms with Crippen molar-refractivity contribution in [1.29, 1.82) is 0 Å². The number of hydrogen-bond acceptors (Lipinski definition) is 5. The average Bonchev–Trinajstić information content (AvgIpc) is 3.17. The molecule has 0 aliphatic heterocycles. The van der Waals surface area contributed by atoms with Crippen molar-refractivity contribution in [2.75, 3.05) is 15.8 Å². The zero-order valence-corrected chi connectivity index (χ0v) is 19.7. The number of nitrogens with zero attached hydrogens (tertiary/aromatic N) is 3. The molecule has 2 heterocycles. The largest absolute Gasteiger partial charge is 0.340 e. The van der Waals surface area contributed by atoms with E-state index in [0.717, 1.165) is 28.3 Å². The Labute approximate surface area is 194 Å². The number of rotatable bonds is 8. The molecular weight excluding hydrogens is 434 g/mol. The predicted molar refractivity (Wildman–Crippen MR) is 134 cm³/mol. The summed E-state index contributed by atoms with van der Waals surface area (Å²) in [7, 11) is -3.31. The smallest absolute Gasteiger partial charge is 0.232 e. The fourth-order valence-corrected chi connectivity index (χ4v) is 4.72. The third-order valence-corrected chi connectivity index (χ3v) is 6.53. The van der Waals surface area contributed by atoms with E-state index in [1.165, 1.54) is 5.56 Å². The van der Waals surface area contributed by atoms with Crippen molar-refractivity contribution < 1.29 is 8.42 Å². The number of benzene rings is 2. The van der Waals surface area contributed by atoms with Gasteiger partial charge in [0.2, 0.25) is 10.0 Å². The van der Waals surface area contributed by atoms with Gasteiger partial charge in [-0.25, -0.2) is 18.1 Å². The minimum Gasteiger partial charge on any atom is -0.340 e. The number of sulfonamides is 1. The standard InChI is InChI=1S/C25H27N5O2S/c1-4-14-33(31,32)29-22-10-8-21(9-11-22)27-25-17-20(12-13-26-25)24-16-19(3)28-30(24)23-7-5-6-18(2)15-23/h5-13,15-17,29H,4,14H2,1-3H3,(H,26,27). The molecule has 0 amide bonds. The van der Waals surface area contributed by atoms with Crippen molar-refractivity contribution in [2.45, 2.75) is 27.2 Å². The summed E-state index contributed by atoms with van der Waals surface area (Å²) < 4.78 is 28.4. The van der Waals surface area contributed by atoms with Crippen LogP contribution in [0.4, 0.5) is 17.2 Å². The zero-order chi connectivity index (χ0) is 23.4. The molecule has 8 heteroatoms. The molecule has 0 saturated heterocycles. The summed E-state index contributed by atoms with van der Waals surface area (Å²) in [5, 5.41) is 7.97. The number of aromatic nitrogens is 3. The third kappa shape index (κ3) is 5.59. The Hall–Kier alpha value is -3.65. The maximum Gasteiger partial charge on any atom is 0.232 e. The summed E-state index contributed by atoms with van der Waals surface area (Å²) in [5.41, 5.74) is 6.41. The van der Waals surface area contributed by atoms with Crippen molar-refractivity contribution in [3.8, 4) is 16.9 Å². The van der Waals surface area contributed by atoms with Gasteiger partial charge in [0.25, 0.3) is 0 Å². The monoisotopic (exact) mass is 461 g/mol. The molecule has 0 aliphatic carbocycles. The van der Waals surface area contributed by atoms with E-state index < -0.39 is 10.0 Å². The highest BCUT2D eigenvalue weighted by atomic mass is 32.2. The highest BCUT2D eigenvalue weighted by Gasteiger charge is 2.12. The highest BCUT2D eigenvalue weighted by molar-refractivity contribution is 7.92. The Morgan fingerprint density at radius 1 is 0.939 bits per heavy atom. The van der Waals surface area contributed by atoms with Crippen molar-refractivity contribution in [3.63, 3.8) is 0 Å². The Kier molecular flexibility index (Phi) is 6.46. The van der Waals surface area contributed by atoms with Gasteiger partial charge in [-0.05, 0) is 80.4 Å². The van der Waals surface area contributed by atoms with Crippen LogP contribution in [0, 0.1) is 13.8 Å². The average molecular weight is 462 g/mol. The molecule has 7 nitrogen and oxygen atoms in total. The molecule has 4 aromatic rings. The molecule has 0 fully saturated rings. The summed E-state index contributed by atoms with van der Waals surface area (Å²) >= 11 is 0. The van der Waals surface area contributed by atoms with Gasteiger partial charge in [0.1, 0.15) is 5.82 Å². The molecule has 2 aromatic heterocycles. The summed E-state index contributed by atoms with van der Waals surface area (Å²) in [5.74, 6) is 0.781. The minimum atomic E-state index is -3.31. The molecule has 0 spiro atoms. The summed E-state index contributed by atoms with van der Waals surface area (Å²) in [6.45, 7) is 5.88. The van der Waals surface area contributed by atoms with Crippen LogP contribution in [0.1, 0.15) is 24.6 Å². The van der Waals surface area contributed by atoms with Crippen LogP contribution in [0.25, 0.3) is 16.9 Å². The molecule has 170 valence electrons. The fraction of sp³-hybridized carbons (Fsp3) is 0.200. The van der Waals surface area contributed by atoms with Gasteiger partial charge in [-0.2, -0.15) is 5.10 Å². The molecule has 0 bridgehead atoms. The number of aryl methyl sites for hydroxylation is 2. The van der Waals surface area contributed by atoms with E-state index >= 15 is 0 Å². The van der Waals surface area contributed by atoms with E-state index in [1.807, 2.05) is 54.9 Å². The quantitative estimate of drug-likeness (QED) is 0.364. The summed E-state index contributed by atoms with van der Waals surface area (Å²) in [6.07, 6.45) is 2.33. The number of hydrogen-bond donors (Lipinski definition) is 2. The van der Waals surface area contributed by atoms with E-state index in [-0.39, 0.29) is 5.75 Å². The molecular formula is C25H27N5O2S. The van der Waals surface area contributed by atoms with Crippen molar-refractivity contribution in [3.05, 3.63) is 84.2 Å². The second kappa shape index (κ2) is 9.46. The lowest BCUT2D eigenvalue weighted by Crippen LogP contribution is -2.15. The minimum absolute atomic E-state index is 0.0995. The number of nitrogens with one attached hydrogen (secondary N) is 2. The van der Waals surface area contributed by atoms with Gasteiger partial charge in [0.05, 0.1) is 22.8 Å². The van der Waals surface area contributed by atoms with Crippen LogP contribution in [0.3, 0.4) is 0 Å². The Bertz CT molecular complexity index is 1360. The van der Waals surface area contributed by atoms with E-state index in [2.05, 4.69) is 45.2 Å². The van der Waals surface area contributed by atoms with E-state index in [0.29, 0.717) is 17.9 Å². The lowest BCUT2D eigenvalue weighted by molar-refractivity contribution is 0.600. The van der Waals surface area contributed by atoms with Crippen LogP contribution in [0.5, 0.6) is 0 Å². The van der Waals surface area contributed by atoms with Crippen LogP contribution in [0.15, 0.2) is 72.9 Å². The lowest BCUT2D eigenvalue weighted by atomic mass is 10.1. The van der Waals surface area contributed by atoms with Crippen LogP contribution in [0.2, 0.25) is 0 Å². The van der Waals surface area contributed by atoms with Gasteiger partial charge < -0.3 is 5.32 Å². The Morgan fingerprint density at radius 2 is 1.70 bits per heavy atom. The number of pyridine rings is 1. The van der Waals surface area contributed by atoms with Crippen LogP contribution in [-0.4, -0.2) is 28.9 Å². The molecule has 0 aliphatic rings. The van der Waals surface area contributed by atoms with Crippen molar-refractivity contribution in [2.24, 2.45) is 0 Å². The molecule has 2 aromatic carbocycles. The van der Waals surface area contributed by atoms with Crippen LogP contribution in [-0.2, 0) is 10.0 Å². The molecule has 0 saturated carbocycles. The first-order valence-electron chi connectivity index (χ1n) is 10.8. The second-order valence-electron chi connectivity index (χ2n) is 7.97. The van der Waals surface area contributed by atoms with Gasteiger partial charge in [0.15, 0.2) is 0 Å². The van der Waals surface area contributed by atoms with Crippen LogP contribution >= 0.6 is 0 Å². The number of anilines is 3. The summed E-state index contributed by atoms with van der Waals surface area (Å²) in [4.78, 5) is 4.44. The van der Waals surface area contributed by atoms with Gasteiger partial charge in [-0.3, -0.25) is 4.72 Å². The van der Waals surface area contributed by atoms with E-state index in [1.54, 1.807) is 18.3 Å². The zero-order valence-electron chi connectivity index (χ0n) is 18.9.